The molecule has 110 valence electrons. The van der Waals surface area contributed by atoms with E-state index in [1.165, 1.54) is 13.4 Å². The summed E-state index contributed by atoms with van der Waals surface area (Å²) in [4.78, 5) is 20.4. The first-order valence-electron chi connectivity index (χ1n) is 6.56. The molecule has 1 aromatic rings. The number of anilines is 1. The van der Waals surface area contributed by atoms with Gasteiger partial charge in [-0.25, -0.2) is 4.98 Å². The zero-order valence-corrected chi connectivity index (χ0v) is 11.4. The third-order valence-electron chi connectivity index (χ3n) is 3.50. The third-order valence-corrected chi connectivity index (χ3v) is 3.50. The number of ether oxygens (including phenoxy) is 1. The fourth-order valence-electron chi connectivity index (χ4n) is 2.57. The van der Waals surface area contributed by atoms with Gasteiger partial charge in [-0.15, -0.1) is 0 Å². The van der Waals surface area contributed by atoms with Crippen LogP contribution in [-0.4, -0.2) is 46.8 Å². The minimum atomic E-state index is -0.510. The minimum absolute atomic E-state index is 0.0238. The van der Waals surface area contributed by atoms with E-state index in [0.717, 1.165) is 12.8 Å². The summed E-state index contributed by atoms with van der Waals surface area (Å²) in [6.45, 7) is 1.50. The van der Waals surface area contributed by atoms with Gasteiger partial charge in [-0.3, -0.25) is 10.1 Å². The number of aliphatic hydroxyl groups is 1. The maximum absolute atomic E-state index is 11.2. The largest absolute Gasteiger partial charge is 0.476 e. The van der Waals surface area contributed by atoms with Crippen molar-refractivity contribution in [3.8, 4) is 5.88 Å². The van der Waals surface area contributed by atoms with Crippen molar-refractivity contribution in [1.82, 2.24) is 9.97 Å². The standard InChI is InChI=1S/C12H18N4O4/c1-20-12-10(16(18)19)11(13-8-14-12)15-5-2-3-9(7-15)4-6-17/h8-9,17H,2-7H2,1H3. The van der Waals surface area contributed by atoms with Crippen LogP contribution in [0.4, 0.5) is 11.5 Å². The lowest BCUT2D eigenvalue weighted by Gasteiger charge is -2.32. The molecule has 1 fully saturated rings. The number of nitro groups is 1. The Hall–Kier alpha value is -1.96. The van der Waals surface area contributed by atoms with Gasteiger partial charge in [-0.1, -0.05) is 0 Å². The molecule has 0 aromatic carbocycles. The second-order valence-electron chi connectivity index (χ2n) is 4.78. The second kappa shape index (κ2) is 6.47. The summed E-state index contributed by atoms with van der Waals surface area (Å²) in [6, 6.07) is 0. The predicted octanol–water partition coefficient (Wildman–Crippen LogP) is 0.992. The highest BCUT2D eigenvalue weighted by molar-refractivity contribution is 5.62. The Labute approximate surface area is 116 Å². The maximum atomic E-state index is 11.2. The van der Waals surface area contributed by atoms with Gasteiger partial charge in [0.15, 0.2) is 0 Å². The van der Waals surface area contributed by atoms with Crippen LogP contribution >= 0.6 is 0 Å². The molecule has 0 bridgehead atoms. The van der Waals surface area contributed by atoms with Crippen LogP contribution in [-0.2, 0) is 0 Å². The molecule has 0 spiro atoms. The number of nitrogens with zero attached hydrogens (tertiary/aromatic N) is 4. The van der Waals surface area contributed by atoms with Crippen LogP contribution in [0, 0.1) is 16.0 Å². The molecule has 0 saturated carbocycles. The molecule has 2 heterocycles. The van der Waals surface area contributed by atoms with Gasteiger partial charge in [0.2, 0.25) is 5.82 Å². The fraction of sp³-hybridized carbons (Fsp3) is 0.667. The summed E-state index contributed by atoms with van der Waals surface area (Å²) in [5.41, 5.74) is -0.195. The normalized spacial score (nSPS) is 18.9. The Balaban J connectivity index is 2.29. The van der Waals surface area contributed by atoms with Crippen molar-refractivity contribution in [3.05, 3.63) is 16.4 Å². The molecule has 1 unspecified atom stereocenters. The van der Waals surface area contributed by atoms with Crippen molar-refractivity contribution in [2.75, 3.05) is 31.7 Å². The van der Waals surface area contributed by atoms with Gasteiger partial charge >= 0.3 is 5.69 Å². The smallest absolute Gasteiger partial charge is 0.372 e. The Kier molecular flexibility index (Phi) is 4.67. The zero-order chi connectivity index (χ0) is 14.5. The van der Waals surface area contributed by atoms with Crippen molar-refractivity contribution in [2.45, 2.75) is 19.3 Å². The van der Waals surface area contributed by atoms with Crippen molar-refractivity contribution in [3.63, 3.8) is 0 Å². The first kappa shape index (κ1) is 14.4. The number of aliphatic hydroxyl groups excluding tert-OH is 1. The SMILES string of the molecule is COc1ncnc(N2CCCC(CCO)C2)c1[N+](=O)[O-]. The molecule has 1 atom stereocenters. The molecule has 1 N–H and O–H groups in total. The van der Waals surface area contributed by atoms with E-state index in [2.05, 4.69) is 9.97 Å². The molecule has 20 heavy (non-hydrogen) atoms. The topological polar surface area (TPSA) is 102 Å². The highest BCUT2D eigenvalue weighted by Crippen LogP contribution is 2.35. The summed E-state index contributed by atoms with van der Waals surface area (Å²) in [7, 11) is 1.35. The molecule has 8 heteroatoms. The number of methoxy groups -OCH3 is 1. The number of rotatable bonds is 5. The van der Waals surface area contributed by atoms with E-state index in [9.17, 15) is 10.1 Å². The first-order chi connectivity index (χ1) is 9.67. The molecule has 1 aromatic heterocycles. The van der Waals surface area contributed by atoms with E-state index >= 15 is 0 Å². The molecule has 0 radical (unpaired) electrons. The Bertz CT molecular complexity index is 481. The molecule has 1 aliphatic rings. The van der Waals surface area contributed by atoms with Gasteiger partial charge in [-0.2, -0.15) is 4.98 Å². The lowest BCUT2D eigenvalue weighted by atomic mass is 9.95. The fourth-order valence-corrected chi connectivity index (χ4v) is 2.57. The van der Waals surface area contributed by atoms with Crippen LogP contribution in [0.25, 0.3) is 0 Å². The van der Waals surface area contributed by atoms with Crippen molar-refractivity contribution in [2.24, 2.45) is 5.92 Å². The van der Waals surface area contributed by atoms with E-state index in [1.807, 2.05) is 4.90 Å². The summed E-state index contributed by atoms with van der Waals surface area (Å²) in [5, 5.41) is 20.3. The highest BCUT2D eigenvalue weighted by atomic mass is 16.6. The molecular formula is C12H18N4O4. The number of aromatic nitrogens is 2. The van der Waals surface area contributed by atoms with Crippen LogP contribution in [0.5, 0.6) is 5.88 Å². The van der Waals surface area contributed by atoms with Gasteiger partial charge in [0.05, 0.1) is 12.0 Å². The van der Waals surface area contributed by atoms with Crippen LogP contribution in [0.3, 0.4) is 0 Å². The molecular weight excluding hydrogens is 264 g/mol. The number of hydrogen-bond donors (Lipinski definition) is 1. The van der Waals surface area contributed by atoms with Gasteiger partial charge in [0.1, 0.15) is 6.33 Å². The lowest BCUT2D eigenvalue weighted by Crippen LogP contribution is -2.36. The maximum Gasteiger partial charge on any atom is 0.372 e. The molecule has 0 amide bonds. The Morgan fingerprint density at radius 3 is 3.05 bits per heavy atom. The highest BCUT2D eigenvalue weighted by Gasteiger charge is 2.30. The van der Waals surface area contributed by atoms with Gasteiger partial charge in [0, 0.05) is 19.7 Å². The van der Waals surface area contributed by atoms with E-state index in [1.54, 1.807) is 0 Å². The predicted molar refractivity (Wildman–Crippen MR) is 71.9 cm³/mol. The quantitative estimate of drug-likeness (QED) is 0.634. The van der Waals surface area contributed by atoms with E-state index in [4.69, 9.17) is 9.84 Å². The Morgan fingerprint density at radius 2 is 2.40 bits per heavy atom. The van der Waals surface area contributed by atoms with Crippen molar-refractivity contribution in [1.29, 1.82) is 0 Å². The van der Waals surface area contributed by atoms with Crippen molar-refractivity contribution >= 4 is 11.5 Å². The van der Waals surface area contributed by atoms with Crippen LogP contribution in [0.1, 0.15) is 19.3 Å². The zero-order valence-electron chi connectivity index (χ0n) is 11.4. The summed E-state index contributed by atoms with van der Waals surface area (Å²) in [6.07, 6.45) is 3.92. The minimum Gasteiger partial charge on any atom is -0.476 e. The van der Waals surface area contributed by atoms with Crippen LogP contribution < -0.4 is 9.64 Å². The van der Waals surface area contributed by atoms with E-state index in [-0.39, 0.29) is 18.2 Å². The number of piperidine rings is 1. The van der Waals surface area contributed by atoms with Crippen LogP contribution in [0.2, 0.25) is 0 Å². The molecule has 8 nitrogen and oxygen atoms in total. The average molecular weight is 282 g/mol. The van der Waals surface area contributed by atoms with Crippen molar-refractivity contribution < 1.29 is 14.8 Å². The van der Waals surface area contributed by atoms with E-state index in [0.29, 0.717) is 31.2 Å². The van der Waals surface area contributed by atoms with E-state index < -0.39 is 4.92 Å². The van der Waals surface area contributed by atoms with Gasteiger partial charge < -0.3 is 14.7 Å². The average Bonchev–Trinajstić information content (AvgIpc) is 2.47. The molecule has 1 aliphatic heterocycles. The second-order valence-corrected chi connectivity index (χ2v) is 4.78. The lowest BCUT2D eigenvalue weighted by molar-refractivity contribution is -0.385. The molecule has 0 aliphatic carbocycles. The van der Waals surface area contributed by atoms with Gasteiger partial charge in [-0.05, 0) is 25.2 Å². The molecule has 2 rings (SSSR count). The summed E-state index contributed by atoms with van der Waals surface area (Å²) in [5.74, 6) is 0.600. The monoisotopic (exact) mass is 282 g/mol. The molecule has 1 saturated heterocycles. The number of hydrogen-bond acceptors (Lipinski definition) is 7. The van der Waals surface area contributed by atoms with Crippen LogP contribution in [0.15, 0.2) is 6.33 Å². The summed E-state index contributed by atoms with van der Waals surface area (Å²) < 4.78 is 4.95. The summed E-state index contributed by atoms with van der Waals surface area (Å²) >= 11 is 0. The Morgan fingerprint density at radius 1 is 1.60 bits per heavy atom. The first-order valence-corrected chi connectivity index (χ1v) is 6.56. The van der Waals surface area contributed by atoms with Gasteiger partial charge in [0.25, 0.3) is 5.88 Å². The third kappa shape index (κ3) is 2.96.